The van der Waals surface area contributed by atoms with Gasteiger partial charge in [0.05, 0.1) is 19.8 Å². The summed E-state index contributed by atoms with van der Waals surface area (Å²) < 4.78 is 44.5. The Hall–Kier alpha value is -1.55. The molecule has 1 aliphatic heterocycles. The predicted molar refractivity (Wildman–Crippen MR) is 59.2 cm³/mol. The van der Waals surface area contributed by atoms with Crippen molar-refractivity contribution < 1.29 is 37.3 Å². The molecule has 0 aromatic heterocycles. The number of urea groups is 1. The molecule has 1 atom stereocenters. The number of amides is 2. The number of carbonyl (C=O) groups excluding carboxylic acids is 1. The maximum absolute atomic E-state index is 11.8. The summed E-state index contributed by atoms with van der Waals surface area (Å²) in [6.45, 7) is -1.54. The van der Waals surface area contributed by atoms with Gasteiger partial charge in [-0.1, -0.05) is 0 Å². The average Bonchev–Trinajstić information content (AvgIpc) is 2.37. The summed E-state index contributed by atoms with van der Waals surface area (Å²) in [5, 5.41) is 11.1. The van der Waals surface area contributed by atoms with Crippen LogP contribution < -0.4 is 5.32 Å². The molecule has 2 N–H and O–H groups in total. The molecule has 0 aromatic carbocycles. The van der Waals surface area contributed by atoms with Crippen LogP contribution in [0.1, 0.15) is 0 Å². The van der Waals surface area contributed by atoms with Crippen LogP contribution in [0.5, 0.6) is 0 Å². The van der Waals surface area contributed by atoms with Gasteiger partial charge in [0.1, 0.15) is 6.61 Å². The van der Waals surface area contributed by atoms with Gasteiger partial charge in [-0.25, -0.2) is 9.59 Å². The lowest BCUT2D eigenvalue weighted by atomic mass is 10.3. The Balaban J connectivity index is 2.20. The van der Waals surface area contributed by atoms with E-state index in [1.807, 2.05) is 0 Å². The van der Waals surface area contributed by atoms with Crippen LogP contribution in [0, 0.1) is 0 Å². The fourth-order valence-electron chi connectivity index (χ4n) is 1.51. The minimum Gasteiger partial charge on any atom is -0.479 e. The van der Waals surface area contributed by atoms with E-state index in [1.165, 1.54) is 4.90 Å². The van der Waals surface area contributed by atoms with E-state index in [1.54, 1.807) is 0 Å². The van der Waals surface area contributed by atoms with Crippen molar-refractivity contribution in [2.45, 2.75) is 12.3 Å². The highest BCUT2D eigenvalue weighted by molar-refractivity contribution is 5.77. The molecule has 0 radical (unpaired) electrons. The van der Waals surface area contributed by atoms with Gasteiger partial charge in [0.25, 0.3) is 0 Å². The van der Waals surface area contributed by atoms with Gasteiger partial charge >= 0.3 is 18.2 Å². The predicted octanol–water partition coefficient (Wildman–Crippen LogP) is 0.0603. The number of carboxylic acid groups (broad SMARTS) is 1. The number of nitrogens with zero attached hydrogens (tertiary/aromatic N) is 1. The Labute approximate surface area is 112 Å². The lowest BCUT2D eigenvalue weighted by molar-refractivity contribution is -0.173. The molecule has 0 aromatic rings. The maximum Gasteiger partial charge on any atom is 0.411 e. The Morgan fingerprint density at radius 1 is 1.45 bits per heavy atom. The largest absolute Gasteiger partial charge is 0.479 e. The van der Waals surface area contributed by atoms with E-state index in [-0.39, 0.29) is 32.8 Å². The third kappa shape index (κ3) is 6.06. The summed E-state index contributed by atoms with van der Waals surface area (Å²) in [6.07, 6.45) is -5.49. The first-order valence-electron chi connectivity index (χ1n) is 5.81. The van der Waals surface area contributed by atoms with Crippen molar-refractivity contribution in [2.24, 2.45) is 0 Å². The van der Waals surface area contributed by atoms with Gasteiger partial charge < -0.3 is 24.8 Å². The number of hydrogen-bond donors (Lipinski definition) is 2. The maximum atomic E-state index is 11.8. The minimum atomic E-state index is -4.40. The number of ether oxygens (including phenoxy) is 2. The SMILES string of the molecule is O=C(O)C1CN(C(=O)NCCOCC(F)(F)F)CCO1. The van der Waals surface area contributed by atoms with Gasteiger partial charge in [0.2, 0.25) is 0 Å². The van der Waals surface area contributed by atoms with Crippen LogP contribution in [0.15, 0.2) is 0 Å². The zero-order valence-electron chi connectivity index (χ0n) is 10.5. The number of rotatable bonds is 5. The number of carboxylic acids is 1. The lowest BCUT2D eigenvalue weighted by Gasteiger charge is -2.30. The molecule has 0 bridgehead atoms. The molecule has 0 aliphatic carbocycles. The van der Waals surface area contributed by atoms with Crippen LogP contribution >= 0.6 is 0 Å². The van der Waals surface area contributed by atoms with E-state index in [4.69, 9.17) is 9.84 Å². The zero-order chi connectivity index (χ0) is 15.2. The Morgan fingerprint density at radius 3 is 2.75 bits per heavy atom. The van der Waals surface area contributed by atoms with Crippen molar-refractivity contribution in [3.05, 3.63) is 0 Å². The number of morpholine rings is 1. The van der Waals surface area contributed by atoms with Gasteiger partial charge in [-0.05, 0) is 0 Å². The molecule has 7 nitrogen and oxygen atoms in total. The monoisotopic (exact) mass is 300 g/mol. The number of alkyl halides is 3. The van der Waals surface area contributed by atoms with Crippen molar-refractivity contribution in [3.8, 4) is 0 Å². The van der Waals surface area contributed by atoms with Crippen LogP contribution in [0.4, 0.5) is 18.0 Å². The topological polar surface area (TPSA) is 88.1 Å². The summed E-state index contributed by atoms with van der Waals surface area (Å²) in [6, 6.07) is -0.560. The Kier molecular flexibility index (Phi) is 6.02. The van der Waals surface area contributed by atoms with E-state index in [0.717, 1.165) is 0 Å². The fraction of sp³-hybridized carbons (Fsp3) is 0.800. The lowest BCUT2D eigenvalue weighted by Crippen LogP contribution is -2.52. The van der Waals surface area contributed by atoms with Crippen LogP contribution in [0.3, 0.4) is 0 Å². The highest BCUT2D eigenvalue weighted by Gasteiger charge is 2.29. The second-order valence-corrected chi connectivity index (χ2v) is 4.04. The fourth-order valence-corrected chi connectivity index (χ4v) is 1.51. The summed E-state index contributed by atoms with van der Waals surface area (Å²) in [7, 11) is 0. The van der Waals surface area contributed by atoms with Crippen molar-refractivity contribution in [3.63, 3.8) is 0 Å². The van der Waals surface area contributed by atoms with Crippen molar-refractivity contribution in [2.75, 3.05) is 39.5 Å². The molecule has 116 valence electrons. The molecular formula is C10H15F3N2O5. The molecule has 0 saturated carbocycles. The number of aliphatic carboxylic acids is 1. The summed E-state index contributed by atoms with van der Waals surface area (Å²) in [5.74, 6) is -1.17. The molecule has 1 unspecified atom stereocenters. The highest BCUT2D eigenvalue weighted by atomic mass is 19.4. The number of carbonyl (C=O) groups is 2. The average molecular weight is 300 g/mol. The third-order valence-electron chi connectivity index (χ3n) is 2.42. The standard InChI is InChI=1S/C10H15F3N2O5/c11-10(12,13)6-19-3-1-14-9(18)15-2-4-20-7(5-15)8(16)17/h7H,1-6H2,(H,14,18)(H,16,17). The second kappa shape index (κ2) is 7.29. The van der Waals surface area contributed by atoms with E-state index in [0.29, 0.717) is 0 Å². The van der Waals surface area contributed by atoms with E-state index < -0.39 is 30.9 Å². The van der Waals surface area contributed by atoms with Crippen molar-refractivity contribution in [1.82, 2.24) is 10.2 Å². The molecular weight excluding hydrogens is 285 g/mol. The van der Waals surface area contributed by atoms with Crippen LogP contribution in [-0.4, -0.2) is 73.7 Å². The van der Waals surface area contributed by atoms with Gasteiger partial charge in [-0.3, -0.25) is 0 Å². The second-order valence-electron chi connectivity index (χ2n) is 4.04. The summed E-state index contributed by atoms with van der Waals surface area (Å²) >= 11 is 0. The molecule has 1 rings (SSSR count). The third-order valence-corrected chi connectivity index (χ3v) is 2.42. The Bertz CT molecular complexity index is 350. The molecule has 2 amide bonds. The quantitative estimate of drug-likeness (QED) is 0.701. The zero-order valence-corrected chi connectivity index (χ0v) is 10.5. The van der Waals surface area contributed by atoms with Crippen molar-refractivity contribution in [1.29, 1.82) is 0 Å². The van der Waals surface area contributed by atoms with Gasteiger partial charge in [0.15, 0.2) is 6.10 Å². The molecule has 1 fully saturated rings. The smallest absolute Gasteiger partial charge is 0.411 e. The molecule has 0 spiro atoms. The summed E-state index contributed by atoms with van der Waals surface area (Å²) in [5.41, 5.74) is 0. The Morgan fingerprint density at radius 2 is 2.15 bits per heavy atom. The molecule has 1 saturated heterocycles. The van der Waals surface area contributed by atoms with Gasteiger partial charge in [0, 0.05) is 13.1 Å². The van der Waals surface area contributed by atoms with Gasteiger partial charge in [-0.15, -0.1) is 0 Å². The summed E-state index contributed by atoms with van der Waals surface area (Å²) in [4.78, 5) is 23.5. The molecule has 1 heterocycles. The number of hydrogen-bond acceptors (Lipinski definition) is 4. The van der Waals surface area contributed by atoms with Crippen LogP contribution in [0.25, 0.3) is 0 Å². The van der Waals surface area contributed by atoms with Gasteiger partial charge in [-0.2, -0.15) is 13.2 Å². The van der Waals surface area contributed by atoms with E-state index in [9.17, 15) is 22.8 Å². The first-order valence-corrected chi connectivity index (χ1v) is 5.81. The first kappa shape index (κ1) is 16.5. The van der Waals surface area contributed by atoms with Crippen LogP contribution in [0.2, 0.25) is 0 Å². The highest BCUT2D eigenvalue weighted by Crippen LogP contribution is 2.14. The minimum absolute atomic E-state index is 0.0922. The van der Waals surface area contributed by atoms with Crippen molar-refractivity contribution >= 4 is 12.0 Å². The molecule has 1 aliphatic rings. The van der Waals surface area contributed by atoms with E-state index >= 15 is 0 Å². The molecule has 10 heteroatoms. The normalized spacial score (nSPS) is 19.8. The van der Waals surface area contributed by atoms with E-state index in [2.05, 4.69) is 10.1 Å². The number of halogens is 3. The van der Waals surface area contributed by atoms with Crippen LogP contribution in [-0.2, 0) is 14.3 Å². The molecule has 20 heavy (non-hydrogen) atoms. The first-order chi connectivity index (χ1) is 9.29. The number of nitrogens with one attached hydrogen (secondary N) is 1.